The van der Waals surface area contributed by atoms with Crippen molar-refractivity contribution in [3.63, 3.8) is 0 Å². The highest BCUT2D eigenvalue weighted by Crippen LogP contribution is 2.67. The molecule has 0 fully saturated rings. The van der Waals surface area contributed by atoms with E-state index >= 15 is 4.79 Å². The van der Waals surface area contributed by atoms with Gasteiger partial charge in [0.05, 0.1) is 10.8 Å². The fraction of sp³-hybridized carbons (Fsp3) is 0.119. The second-order valence-corrected chi connectivity index (χ2v) is 20.0. The number of carbonyl (C=O) groups excluding carboxylic acids is 1. The summed E-state index contributed by atoms with van der Waals surface area (Å²) in [7, 11) is 0. The number of hydrogen-bond acceptors (Lipinski definition) is 1. The first-order valence-electron chi connectivity index (χ1n) is 24.2. The monoisotopic (exact) mass is 868 g/mol. The number of fused-ring (bicyclic) bond motifs is 19. The van der Waals surface area contributed by atoms with E-state index in [9.17, 15) is 0 Å². The molecule has 0 aliphatic heterocycles. The first-order valence-corrected chi connectivity index (χ1v) is 24.2. The highest BCUT2D eigenvalue weighted by Gasteiger charge is 2.56. The molecule has 14 rings (SSSR count). The van der Waals surface area contributed by atoms with E-state index in [-0.39, 0.29) is 11.7 Å². The van der Waals surface area contributed by atoms with Gasteiger partial charge in [0.2, 0.25) is 0 Å². The van der Waals surface area contributed by atoms with Crippen LogP contribution in [-0.4, -0.2) is 5.78 Å². The van der Waals surface area contributed by atoms with Crippen molar-refractivity contribution in [2.75, 3.05) is 0 Å². The molecule has 9 aromatic carbocycles. The second kappa shape index (κ2) is 14.1. The molecule has 0 saturated heterocycles. The van der Waals surface area contributed by atoms with Crippen LogP contribution in [0, 0.1) is 27.7 Å². The maximum absolute atomic E-state index is 15.7. The molecule has 1 nitrogen and oxygen atoms in total. The van der Waals surface area contributed by atoms with Crippen molar-refractivity contribution < 1.29 is 4.79 Å². The van der Waals surface area contributed by atoms with Crippen LogP contribution >= 0.6 is 0 Å². The lowest BCUT2D eigenvalue weighted by atomic mass is 9.63. The van der Waals surface area contributed by atoms with Gasteiger partial charge >= 0.3 is 0 Å². The summed E-state index contributed by atoms with van der Waals surface area (Å²) < 4.78 is 0. The van der Waals surface area contributed by atoms with Crippen LogP contribution in [0.1, 0.15) is 101 Å². The molecule has 2 spiro atoms. The second-order valence-electron chi connectivity index (χ2n) is 20.0. The zero-order valence-electron chi connectivity index (χ0n) is 38.7. The summed E-state index contributed by atoms with van der Waals surface area (Å²) in [6.07, 6.45) is 5.70. The number of benzene rings is 9. The van der Waals surface area contributed by atoms with Crippen molar-refractivity contribution in [2.24, 2.45) is 0 Å². The predicted molar refractivity (Wildman–Crippen MR) is 279 cm³/mol. The van der Waals surface area contributed by atoms with E-state index < -0.39 is 10.8 Å². The maximum atomic E-state index is 15.7. The van der Waals surface area contributed by atoms with Gasteiger partial charge in [-0.15, -0.1) is 0 Å². The Hall–Kier alpha value is -7.87. The average molecular weight is 869 g/mol. The van der Waals surface area contributed by atoms with Crippen LogP contribution in [0.25, 0.3) is 50.1 Å². The Balaban J connectivity index is 1.00. The predicted octanol–water partition coefficient (Wildman–Crippen LogP) is 16.0. The summed E-state index contributed by atoms with van der Waals surface area (Å²) in [4.78, 5) is 15.7. The normalized spacial score (nSPS) is 17.9. The van der Waals surface area contributed by atoms with Crippen LogP contribution in [0.5, 0.6) is 0 Å². The van der Waals surface area contributed by atoms with Crippen LogP contribution < -0.4 is 0 Å². The van der Waals surface area contributed by atoms with E-state index in [4.69, 9.17) is 0 Å². The average Bonchev–Trinajstić information content (AvgIpc) is 4.06. The molecule has 322 valence electrons. The molecule has 2 unspecified atom stereocenters. The molecule has 0 N–H and O–H groups in total. The third-order valence-corrected chi connectivity index (χ3v) is 16.5. The molecule has 0 aromatic heterocycles. The summed E-state index contributed by atoms with van der Waals surface area (Å²) in [6.45, 7) is 8.90. The van der Waals surface area contributed by atoms with E-state index in [0.717, 1.165) is 6.42 Å². The Kier molecular flexibility index (Phi) is 8.14. The van der Waals surface area contributed by atoms with Gasteiger partial charge in [-0.2, -0.15) is 0 Å². The molecule has 5 aliphatic rings. The molecule has 2 atom stereocenters. The molecule has 1 heteroatoms. The van der Waals surface area contributed by atoms with Gasteiger partial charge in [-0.05, 0) is 169 Å². The highest BCUT2D eigenvalue weighted by atomic mass is 16.1. The Bertz CT molecular complexity index is 3730. The van der Waals surface area contributed by atoms with E-state index in [1.165, 1.54) is 128 Å². The lowest BCUT2D eigenvalue weighted by Crippen LogP contribution is -2.31. The summed E-state index contributed by atoms with van der Waals surface area (Å²) >= 11 is 0. The van der Waals surface area contributed by atoms with Gasteiger partial charge < -0.3 is 0 Å². The summed E-state index contributed by atoms with van der Waals surface area (Å²) in [5.74, 6) is 0.176. The highest BCUT2D eigenvalue weighted by molar-refractivity contribution is 6.11. The number of carbonyl (C=O) groups is 1. The first-order chi connectivity index (χ1) is 33.3. The van der Waals surface area contributed by atoms with E-state index in [2.05, 4.69) is 228 Å². The number of ketones is 1. The van der Waals surface area contributed by atoms with E-state index in [0.29, 0.717) is 11.1 Å². The fourth-order valence-electron chi connectivity index (χ4n) is 13.7. The molecule has 68 heavy (non-hydrogen) atoms. The van der Waals surface area contributed by atoms with Crippen molar-refractivity contribution in [3.05, 3.63) is 289 Å². The third-order valence-electron chi connectivity index (χ3n) is 16.5. The molecule has 0 radical (unpaired) electrons. The lowest BCUT2D eigenvalue weighted by molar-refractivity contribution is 0.103. The Morgan fingerprint density at radius 1 is 0.412 bits per heavy atom. The van der Waals surface area contributed by atoms with Gasteiger partial charge in [-0.1, -0.05) is 193 Å². The van der Waals surface area contributed by atoms with Crippen molar-refractivity contribution >= 4 is 11.4 Å². The molecule has 5 aliphatic carbocycles. The van der Waals surface area contributed by atoms with Gasteiger partial charge in [0.1, 0.15) is 0 Å². The van der Waals surface area contributed by atoms with Crippen molar-refractivity contribution in [2.45, 2.75) is 50.9 Å². The maximum Gasteiger partial charge on any atom is 0.193 e. The number of aryl methyl sites for hydroxylation is 4. The zero-order valence-corrected chi connectivity index (χ0v) is 38.7. The quantitative estimate of drug-likeness (QED) is 0.161. The Morgan fingerprint density at radius 3 is 1.47 bits per heavy atom. The van der Waals surface area contributed by atoms with Gasteiger partial charge in [0, 0.05) is 17.0 Å². The Morgan fingerprint density at radius 2 is 0.882 bits per heavy atom. The van der Waals surface area contributed by atoms with Crippen LogP contribution in [0.15, 0.2) is 206 Å². The minimum absolute atomic E-state index is 0.0403. The number of hydrogen-bond donors (Lipinski definition) is 0. The minimum atomic E-state index is -0.632. The van der Waals surface area contributed by atoms with Crippen LogP contribution in [0.3, 0.4) is 0 Å². The van der Waals surface area contributed by atoms with Gasteiger partial charge in [0.25, 0.3) is 0 Å². The SMILES string of the molecule is Cc1ccc(C)c(-c2ccc3c(c2)C2(C4=C3C=CCC4c3cc(C)ccc3C)c3ccccc3-c3ccc(C(=O)c4ccc5c(c4)C4(c6ccccc6-c6ccccc64)c4ccccc4-5)cc32)c1. The van der Waals surface area contributed by atoms with E-state index in [1.54, 1.807) is 0 Å². The molecule has 0 saturated carbocycles. The zero-order chi connectivity index (χ0) is 45.6. The topological polar surface area (TPSA) is 17.1 Å². The van der Waals surface area contributed by atoms with Crippen molar-refractivity contribution in [1.82, 2.24) is 0 Å². The smallest absolute Gasteiger partial charge is 0.193 e. The summed E-state index contributed by atoms with van der Waals surface area (Å²) in [6, 6.07) is 69.8. The molecular weight excluding hydrogens is 821 g/mol. The molecule has 9 aromatic rings. The van der Waals surface area contributed by atoms with Gasteiger partial charge in [-0.25, -0.2) is 0 Å². The van der Waals surface area contributed by atoms with Gasteiger partial charge in [-0.3, -0.25) is 4.79 Å². The van der Waals surface area contributed by atoms with Crippen LogP contribution in [0.4, 0.5) is 0 Å². The molecule has 0 heterocycles. The van der Waals surface area contributed by atoms with Gasteiger partial charge in [0.15, 0.2) is 5.78 Å². The minimum Gasteiger partial charge on any atom is -0.289 e. The third kappa shape index (κ3) is 4.98. The fourth-order valence-corrected chi connectivity index (χ4v) is 13.7. The van der Waals surface area contributed by atoms with E-state index in [1.807, 2.05) is 0 Å². The standard InChI is InChI=1S/C67H48O/c1-39-24-26-41(3)55(34-39)43-28-31-52-53-18-13-19-54(56-35-40(2)25-27-42(56)4)64(53)67(62(52)36-43)60-23-12-8-17-49(60)51-33-30-45(38-63(51)67)65(68)44-29-32-50-48-16-7-11-22-59(48)66(61(50)37-44)57-20-9-5-14-46(57)47-15-6-10-21-58(47)66/h5-18,20-38,54H,19H2,1-4H3. The Labute approximate surface area is 398 Å². The lowest BCUT2D eigenvalue weighted by Gasteiger charge is -2.38. The van der Waals surface area contributed by atoms with Crippen molar-refractivity contribution in [1.29, 1.82) is 0 Å². The summed E-state index contributed by atoms with van der Waals surface area (Å²) in [5.41, 5.74) is 29.4. The number of rotatable bonds is 4. The first kappa shape index (κ1) is 39.3. The van der Waals surface area contributed by atoms with Crippen molar-refractivity contribution in [3.8, 4) is 44.5 Å². The molecule has 0 bridgehead atoms. The largest absolute Gasteiger partial charge is 0.289 e. The summed E-state index contributed by atoms with van der Waals surface area (Å²) in [5, 5.41) is 0. The van der Waals surface area contributed by atoms with Crippen LogP contribution in [0.2, 0.25) is 0 Å². The van der Waals surface area contributed by atoms with Crippen LogP contribution in [-0.2, 0) is 10.8 Å². The molecular formula is C67H48O. The number of allylic oxidation sites excluding steroid dienone is 4. The molecule has 0 amide bonds.